The fourth-order valence-electron chi connectivity index (χ4n) is 1.53. The summed E-state index contributed by atoms with van der Waals surface area (Å²) >= 11 is 0. The molecule has 2 N–H and O–H groups in total. The lowest BCUT2D eigenvalue weighted by Crippen LogP contribution is -2.44. The van der Waals surface area contributed by atoms with Crippen LogP contribution in [0.2, 0.25) is 0 Å². The minimum absolute atomic E-state index is 0.120. The molecule has 0 spiro atoms. The number of alkyl halides is 3. The topological polar surface area (TPSA) is 92.2 Å². The average molecular weight is 275 g/mol. The monoisotopic (exact) mass is 275 g/mol. The number of halogens is 3. The predicted molar refractivity (Wildman–Crippen MR) is 54.1 cm³/mol. The van der Waals surface area contributed by atoms with Crippen molar-refractivity contribution in [3.05, 3.63) is 23.8 Å². The molecular formula is C10H8F3N3O3. The smallest absolute Gasteiger partial charge is 0.471 e. The van der Waals surface area contributed by atoms with Crippen LogP contribution in [0, 0.1) is 0 Å². The normalized spacial score (nSPS) is 16.8. The summed E-state index contributed by atoms with van der Waals surface area (Å²) in [4.78, 5) is 29.0. The molecule has 0 aromatic carbocycles. The van der Waals surface area contributed by atoms with Gasteiger partial charge in [0, 0.05) is 6.20 Å². The van der Waals surface area contributed by atoms with E-state index in [0.717, 1.165) is 12.3 Å². The number of nitrogens with one attached hydrogen (secondary N) is 1. The SMILES string of the molecule is O=C(O)c1ccnc(C2(NC(=O)C(F)(F)F)CC2)n1. The molecule has 6 nitrogen and oxygen atoms in total. The number of hydrogen-bond acceptors (Lipinski definition) is 4. The number of aromatic nitrogens is 2. The molecule has 0 aliphatic heterocycles. The number of amides is 1. The van der Waals surface area contributed by atoms with E-state index in [1.54, 1.807) is 0 Å². The number of aromatic carboxylic acids is 1. The van der Waals surface area contributed by atoms with Crippen molar-refractivity contribution in [1.29, 1.82) is 0 Å². The van der Waals surface area contributed by atoms with E-state index in [1.807, 2.05) is 5.32 Å². The molecule has 1 aromatic heterocycles. The minimum Gasteiger partial charge on any atom is -0.477 e. The van der Waals surface area contributed by atoms with Crippen molar-refractivity contribution >= 4 is 11.9 Å². The zero-order chi connectivity index (χ0) is 14.3. The number of carbonyl (C=O) groups excluding carboxylic acids is 1. The fourth-order valence-corrected chi connectivity index (χ4v) is 1.53. The van der Waals surface area contributed by atoms with Gasteiger partial charge < -0.3 is 10.4 Å². The largest absolute Gasteiger partial charge is 0.477 e. The van der Waals surface area contributed by atoms with Crippen LogP contribution < -0.4 is 5.32 Å². The van der Waals surface area contributed by atoms with Gasteiger partial charge in [-0.1, -0.05) is 0 Å². The Bertz CT molecular complexity index is 540. The first-order chi connectivity index (χ1) is 8.74. The molecule has 0 atom stereocenters. The van der Waals surface area contributed by atoms with Crippen molar-refractivity contribution < 1.29 is 27.9 Å². The van der Waals surface area contributed by atoms with Gasteiger partial charge in [0.2, 0.25) is 0 Å². The number of carboxylic acids is 1. The van der Waals surface area contributed by atoms with E-state index >= 15 is 0 Å². The second-order valence-corrected chi connectivity index (χ2v) is 4.10. The van der Waals surface area contributed by atoms with E-state index in [2.05, 4.69) is 9.97 Å². The van der Waals surface area contributed by atoms with Gasteiger partial charge in [0.05, 0.1) is 0 Å². The molecule has 0 bridgehead atoms. The Morgan fingerprint density at radius 1 is 1.37 bits per heavy atom. The number of rotatable bonds is 3. The van der Waals surface area contributed by atoms with Gasteiger partial charge in [-0.15, -0.1) is 0 Å². The summed E-state index contributed by atoms with van der Waals surface area (Å²) in [5.74, 6) is -3.53. The molecule has 0 unspecified atom stereocenters. The van der Waals surface area contributed by atoms with E-state index in [-0.39, 0.29) is 24.4 Å². The molecule has 1 fully saturated rings. The highest BCUT2D eigenvalue weighted by Gasteiger charge is 2.53. The molecular weight excluding hydrogens is 267 g/mol. The van der Waals surface area contributed by atoms with E-state index in [4.69, 9.17) is 5.11 Å². The van der Waals surface area contributed by atoms with E-state index < -0.39 is 23.6 Å². The van der Waals surface area contributed by atoms with Crippen molar-refractivity contribution in [2.24, 2.45) is 0 Å². The Kier molecular flexibility index (Phi) is 2.91. The molecule has 102 valence electrons. The van der Waals surface area contributed by atoms with Crippen LogP contribution in [0.1, 0.15) is 29.2 Å². The van der Waals surface area contributed by atoms with Crippen molar-refractivity contribution in [3.8, 4) is 0 Å². The molecule has 1 aromatic rings. The molecule has 1 saturated carbocycles. The van der Waals surface area contributed by atoms with Gasteiger partial charge in [0.25, 0.3) is 0 Å². The number of hydrogen-bond donors (Lipinski definition) is 2. The summed E-state index contributed by atoms with van der Waals surface area (Å²) in [5, 5.41) is 10.6. The lowest BCUT2D eigenvalue weighted by molar-refractivity contribution is -0.174. The third-order valence-corrected chi connectivity index (χ3v) is 2.66. The number of nitrogens with zero attached hydrogens (tertiary/aromatic N) is 2. The van der Waals surface area contributed by atoms with Crippen LogP contribution in [0.4, 0.5) is 13.2 Å². The van der Waals surface area contributed by atoms with E-state index in [9.17, 15) is 22.8 Å². The molecule has 1 amide bonds. The van der Waals surface area contributed by atoms with Gasteiger partial charge in [0.15, 0.2) is 11.5 Å². The summed E-state index contributed by atoms with van der Waals surface area (Å²) in [6, 6.07) is 1.12. The summed E-state index contributed by atoms with van der Waals surface area (Å²) in [6.07, 6.45) is -3.40. The van der Waals surface area contributed by atoms with Crippen LogP contribution in [-0.4, -0.2) is 33.1 Å². The second-order valence-electron chi connectivity index (χ2n) is 4.10. The first kappa shape index (κ1) is 13.2. The Morgan fingerprint density at radius 3 is 2.47 bits per heavy atom. The zero-order valence-corrected chi connectivity index (χ0v) is 9.36. The quantitative estimate of drug-likeness (QED) is 0.852. The summed E-state index contributed by atoms with van der Waals surface area (Å²) in [7, 11) is 0. The number of carbonyl (C=O) groups is 2. The first-order valence-electron chi connectivity index (χ1n) is 5.21. The molecule has 2 rings (SSSR count). The van der Waals surface area contributed by atoms with Gasteiger partial charge in [-0.25, -0.2) is 14.8 Å². The van der Waals surface area contributed by atoms with Gasteiger partial charge in [-0.2, -0.15) is 13.2 Å². The maximum absolute atomic E-state index is 12.2. The Balaban J connectivity index is 2.24. The maximum atomic E-state index is 12.2. The third-order valence-electron chi connectivity index (χ3n) is 2.66. The highest BCUT2D eigenvalue weighted by molar-refractivity contribution is 5.85. The van der Waals surface area contributed by atoms with Gasteiger partial charge in [0.1, 0.15) is 5.54 Å². The standard InChI is InChI=1S/C10H8F3N3O3/c11-10(12,13)8(19)16-9(2-3-9)7-14-4-1-5(15-7)6(17)18/h1,4H,2-3H2,(H,16,19)(H,17,18). The first-order valence-corrected chi connectivity index (χ1v) is 5.21. The van der Waals surface area contributed by atoms with Gasteiger partial charge in [-0.05, 0) is 18.9 Å². The zero-order valence-electron chi connectivity index (χ0n) is 9.36. The number of carboxylic acid groups (broad SMARTS) is 1. The second kappa shape index (κ2) is 4.18. The van der Waals surface area contributed by atoms with Crippen LogP contribution in [-0.2, 0) is 10.3 Å². The van der Waals surface area contributed by atoms with Gasteiger partial charge in [-0.3, -0.25) is 4.79 Å². The lowest BCUT2D eigenvalue weighted by Gasteiger charge is -2.17. The summed E-state index contributed by atoms with van der Waals surface area (Å²) in [6.45, 7) is 0. The summed E-state index contributed by atoms with van der Waals surface area (Å²) < 4.78 is 36.6. The van der Waals surface area contributed by atoms with Crippen molar-refractivity contribution in [3.63, 3.8) is 0 Å². The average Bonchev–Trinajstić information content (AvgIpc) is 3.09. The molecule has 1 aliphatic rings. The Morgan fingerprint density at radius 2 is 2.00 bits per heavy atom. The minimum atomic E-state index is -5.00. The Hall–Kier alpha value is -2.19. The maximum Gasteiger partial charge on any atom is 0.471 e. The third kappa shape index (κ3) is 2.64. The van der Waals surface area contributed by atoms with Crippen LogP contribution in [0.5, 0.6) is 0 Å². The van der Waals surface area contributed by atoms with Crippen molar-refractivity contribution in [1.82, 2.24) is 15.3 Å². The molecule has 19 heavy (non-hydrogen) atoms. The van der Waals surface area contributed by atoms with Crippen LogP contribution in [0.3, 0.4) is 0 Å². The Labute approximate surface area is 104 Å². The molecule has 1 heterocycles. The highest BCUT2D eigenvalue weighted by atomic mass is 19.4. The highest BCUT2D eigenvalue weighted by Crippen LogP contribution is 2.44. The van der Waals surface area contributed by atoms with E-state index in [0.29, 0.717) is 0 Å². The predicted octanol–water partition coefficient (Wildman–Crippen LogP) is 0.842. The van der Waals surface area contributed by atoms with Gasteiger partial charge >= 0.3 is 18.1 Å². The molecule has 0 saturated heterocycles. The molecule has 0 radical (unpaired) electrons. The van der Waals surface area contributed by atoms with Crippen molar-refractivity contribution in [2.45, 2.75) is 24.6 Å². The summed E-state index contributed by atoms with van der Waals surface area (Å²) in [5.41, 5.74) is -1.64. The van der Waals surface area contributed by atoms with Crippen LogP contribution in [0.15, 0.2) is 12.3 Å². The van der Waals surface area contributed by atoms with Crippen LogP contribution in [0.25, 0.3) is 0 Å². The molecule has 1 aliphatic carbocycles. The lowest BCUT2D eigenvalue weighted by atomic mass is 10.2. The van der Waals surface area contributed by atoms with Crippen LogP contribution >= 0.6 is 0 Å². The molecule has 9 heteroatoms. The fraction of sp³-hybridized carbons (Fsp3) is 0.400. The van der Waals surface area contributed by atoms with E-state index in [1.165, 1.54) is 0 Å². The van der Waals surface area contributed by atoms with Crippen molar-refractivity contribution in [2.75, 3.05) is 0 Å².